The maximum Gasteiger partial charge on any atom is 0.306 e. The number of azide groups is 1. The van der Waals surface area contributed by atoms with Crippen LogP contribution in [-0.2, 0) is 74.7 Å². The Morgan fingerprint density at radius 1 is 0.800 bits per heavy atom. The topological polar surface area (TPSA) is 192 Å². The fraction of sp³-hybridized carbons (Fsp3) is 0.562. The average Bonchev–Trinajstić information content (AvgIpc) is 3.28. The van der Waals surface area contributed by atoms with Crippen LogP contribution in [0.1, 0.15) is 77.4 Å². The molecular formula is C48H63N3O13Si. The maximum atomic E-state index is 13.1. The lowest BCUT2D eigenvalue weighted by Gasteiger charge is -2.52. The number of esters is 2. The van der Waals surface area contributed by atoms with Crippen LogP contribution in [0.25, 0.3) is 10.4 Å². The molecule has 65 heavy (non-hydrogen) atoms. The first-order valence-corrected chi connectivity index (χ1v) is 25.1. The van der Waals surface area contributed by atoms with Gasteiger partial charge in [0.25, 0.3) is 0 Å². The van der Waals surface area contributed by atoms with Crippen molar-refractivity contribution in [2.75, 3.05) is 13.2 Å². The summed E-state index contributed by atoms with van der Waals surface area (Å²) in [5.74, 6) is -1.24. The van der Waals surface area contributed by atoms with Crippen LogP contribution in [0, 0.1) is 5.92 Å². The number of ether oxygens (including phenoxy) is 9. The number of rotatable bonds is 20. The average molecular weight is 918 g/mol. The van der Waals surface area contributed by atoms with E-state index in [0.717, 1.165) is 16.7 Å². The van der Waals surface area contributed by atoms with Crippen LogP contribution in [0.4, 0.5) is 0 Å². The van der Waals surface area contributed by atoms with Crippen molar-refractivity contribution >= 4 is 26.0 Å². The largest absolute Gasteiger partial charge is 0.463 e. The second-order valence-electron chi connectivity index (χ2n) is 18.0. The molecule has 11 atom stereocenters. The van der Waals surface area contributed by atoms with E-state index in [9.17, 15) is 19.9 Å². The van der Waals surface area contributed by atoms with Gasteiger partial charge in [-0.1, -0.05) is 124 Å². The Kier molecular flexibility index (Phi) is 17.5. The molecule has 3 aromatic carbocycles. The Morgan fingerprint density at radius 2 is 1.40 bits per heavy atom. The van der Waals surface area contributed by atoms with Gasteiger partial charge >= 0.3 is 11.9 Å². The number of benzene rings is 3. The summed E-state index contributed by atoms with van der Waals surface area (Å²) in [6.07, 6.45) is -10.8. The molecule has 6 rings (SSSR count). The van der Waals surface area contributed by atoms with Gasteiger partial charge in [-0.3, -0.25) is 9.59 Å². The van der Waals surface area contributed by atoms with Crippen molar-refractivity contribution in [3.05, 3.63) is 118 Å². The number of carbonyl (C=O) groups is 3. The summed E-state index contributed by atoms with van der Waals surface area (Å²) in [5.41, 5.74) is 12.6. The van der Waals surface area contributed by atoms with Crippen LogP contribution in [0.15, 0.2) is 96.1 Å². The summed E-state index contributed by atoms with van der Waals surface area (Å²) in [4.78, 5) is 41.3. The summed E-state index contributed by atoms with van der Waals surface area (Å²) < 4.78 is 65.5. The Balaban J connectivity index is 1.41. The monoisotopic (exact) mass is 917 g/mol. The molecule has 11 unspecified atom stereocenters. The van der Waals surface area contributed by atoms with Crippen molar-refractivity contribution in [2.24, 2.45) is 11.0 Å². The lowest BCUT2D eigenvalue weighted by Crippen LogP contribution is -2.67. The molecule has 3 aromatic rings. The first-order chi connectivity index (χ1) is 31.1. The van der Waals surface area contributed by atoms with Gasteiger partial charge in [0.15, 0.2) is 33.3 Å². The van der Waals surface area contributed by atoms with Crippen molar-refractivity contribution in [1.29, 1.82) is 0 Å². The zero-order valence-corrected chi connectivity index (χ0v) is 39.5. The van der Waals surface area contributed by atoms with E-state index in [-0.39, 0.29) is 56.0 Å². The number of Topliss-reactive ketones (excluding diaryl/α,β-unsaturated/α-hetero) is 1. The van der Waals surface area contributed by atoms with Gasteiger partial charge in [0, 0.05) is 23.8 Å². The van der Waals surface area contributed by atoms with Crippen molar-refractivity contribution in [3.63, 3.8) is 0 Å². The third-order valence-corrected chi connectivity index (χ3v) is 17.3. The van der Waals surface area contributed by atoms with Crippen molar-refractivity contribution in [2.45, 2.75) is 153 Å². The predicted molar refractivity (Wildman–Crippen MR) is 239 cm³/mol. The van der Waals surface area contributed by atoms with Gasteiger partial charge in [0.05, 0.1) is 26.2 Å². The molecule has 0 spiro atoms. The van der Waals surface area contributed by atoms with E-state index in [4.69, 9.17) is 47.1 Å². The fourth-order valence-electron chi connectivity index (χ4n) is 7.95. The van der Waals surface area contributed by atoms with Crippen LogP contribution in [0.5, 0.6) is 0 Å². The number of hydrogen-bond acceptors (Lipinski definition) is 14. The van der Waals surface area contributed by atoms with Crippen molar-refractivity contribution in [3.8, 4) is 0 Å². The fourth-order valence-corrected chi connectivity index (χ4v) is 10.4. The first kappa shape index (κ1) is 49.9. The van der Waals surface area contributed by atoms with Crippen molar-refractivity contribution in [1.82, 2.24) is 0 Å². The van der Waals surface area contributed by atoms with Crippen LogP contribution in [0.2, 0.25) is 18.1 Å². The Bertz CT molecular complexity index is 2060. The van der Waals surface area contributed by atoms with Gasteiger partial charge in [-0.15, -0.1) is 0 Å². The number of nitrogens with zero attached hydrogens (tertiary/aromatic N) is 3. The lowest BCUT2D eigenvalue weighted by molar-refractivity contribution is -0.385. The molecule has 0 radical (unpaired) electrons. The van der Waals surface area contributed by atoms with E-state index in [1.807, 2.05) is 91.0 Å². The number of hydrogen-bond donors (Lipinski definition) is 0. The summed E-state index contributed by atoms with van der Waals surface area (Å²) >= 11 is 0. The van der Waals surface area contributed by atoms with Gasteiger partial charge in [-0.05, 0) is 47.6 Å². The molecule has 0 N–H and O–H groups in total. The normalized spacial score (nSPS) is 28.1. The SMILES string of the molecule is CC(=O)CCC(=O)OCC1OC(O[Si](C)(C)C(C)(C)C(C)C)C(N=[N+]=[N-])C(OCc2ccccc2)C1OC1OC2COC(c3ccccc3)OC2C(OCc2ccccc2)C1OC(C)=O. The molecular weight excluding hydrogens is 855 g/mol. The lowest BCUT2D eigenvalue weighted by atomic mass is 9.95. The van der Waals surface area contributed by atoms with E-state index in [1.54, 1.807) is 0 Å². The predicted octanol–water partition coefficient (Wildman–Crippen LogP) is 8.29. The van der Waals surface area contributed by atoms with Gasteiger partial charge in [0.2, 0.25) is 0 Å². The minimum atomic E-state index is -2.73. The molecule has 0 saturated carbocycles. The van der Waals surface area contributed by atoms with E-state index in [2.05, 4.69) is 50.8 Å². The molecule has 3 aliphatic heterocycles. The molecule has 352 valence electrons. The van der Waals surface area contributed by atoms with E-state index in [1.165, 1.54) is 13.8 Å². The molecule has 3 saturated heterocycles. The van der Waals surface area contributed by atoms with Crippen LogP contribution in [0.3, 0.4) is 0 Å². The number of ketones is 1. The minimum Gasteiger partial charge on any atom is -0.463 e. The molecule has 0 aromatic heterocycles. The van der Waals surface area contributed by atoms with Gasteiger partial charge in [-0.25, -0.2) is 0 Å². The van der Waals surface area contributed by atoms with Gasteiger partial charge in [0.1, 0.15) is 55.1 Å². The Morgan fingerprint density at radius 3 is 1.97 bits per heavy atom. The standard InChI is InChI=1S/C48H63N3O13Si/c1-30(2)48(5,6)65(7,8)64-46-39(50-51-49)42(56-26-33-18-12-9-13-19-33)40(36(60-46)28-55-38(54)25-24-31(3)52)63-47-44(59-32(4)53)43(57-27-34-20-14-10-15-21-34)41-37(61-47)29-58-45(62-41)35-22-16-11-17-23-35/h9-23,30,36-37,39-47H,24-29H2,1-8H3. The summed E-state index contributed by atoms with van der Waals surface area (Å²) in [6.45, 7) is 15.2. The molecule has 3 aliphatic rings. The molecule has 3 heterocycles. The number of fused-ring (bicyclic) bond motifs is 1. The molecule has 0 bridgehead atoms. The zero-order chi connectivity index (χ0) is 46.7. The zero-order valence-electron chi connectivity index (χ0n) is 38.5. The van der Waals surface area contributed by atoms with E-state index >= 15 is 0 Å². The maximum absolute atomic E-state index is 13.1. The molecule has 0 amide bonds. The summed E-state index contributed by atoms with van der Waals surface area (Å²) in [7, 11) is -2.73. The highest BCUT2D eigenvalue weighted by Gasteiger charge is 2.57. The number of carbonyl (C=O) groups excluding carboxylic acids is 3. The smallest absolute Gasteiger partial charge is 0.306 e. The van der Waals surface area contributed by atoms with Gasteiger partial charge in [-0.2, -0.15) is 0 Å². The van der Waals surface area contributed by atoms with Crippen LogP contribution >= 0.6 is 0 Å². The van der Waals surface area contributed by atoms with Gasteiger partial charge < -0.3 is 51.9 Å². The second kappa shape index (κ2) is 22.8. The highest BCUT2D eigenvalue weighted by atomic mass is 28.4. The van der Waals surface area contributed by atoms with E-state index < -0.39 is 87.9 Å². The highest BCUT2D eigenvalue weighted by molar-refractivity contribution is 6.74. The quantitative estimate of drug-likeness (QED) is 0.0346. The molecule has 17 heteroatoms. The molecule has 16 nitrogen and oxygen atoms in total. The third kappa shape index (κ3) is 12.9. The second-order valence-corrected chi connectivity index (χ2v) is 22.6. The van der Waals surface area contributed by atoms with E-state index in [0.29, 0.717) is 0 Å². The van der Waals surface area contributed by atoms with Crippen LogP contribution < -0.4 is 0 Å². The molecule has 3 fully saturated rings. The minimum absolute atomic E-state index is 0.00988. The summed E-state index contributed by atoms with van der Waals surface area (Å²) in [6, 6.07) is 27.2. The Hall–Kier alpha value is -4.52. The highest BCUT2D eigenvalue weighted by Crippen LogP contribution is 2.47. The molecule has 0 aliphatic carbocycles. The third-order valence-electron chi connectivity index (χ3n) is 12.8. The first-order valence-electron chi connectivity index (χ1n) is 22.2. The summed E-state index contributed by atoms with van der Waals surface area (Å²) in [5, 5.41) is 3.96. The Labute approximate surface area is 382 Å². The van der Waals surface area contributed by atoms with Crippen molar-refractivity contribution < 1.29 is 61.4 Å². The van der Waals surface area contributed by atoms with Crippen LogP contribution in [-0.4, -0.2) is 101 Å².